The molecule has 7 nitrogen and oxygen atoms in total. The van der Waals surface area contributed by atoms with Crippen molar-refractivity contribution in [2.45, 2.75) is 50.2 Å². The zero-order chi connectivity index (χ0) is 19.4. The van der Waals surface area contributed by atoms with Crippen molar-refractivity contribution in [3.63, 3.8) is 0 Å². The van der Waals surface area contributed by atoms with Crippen molar-refractivity contribution in [3.8, 4) is 0 Å². The van der Waals surface area contributed by atoms with Gasteiger partial charge in [-0.15, -0.1) is 0 Å². The maximum atomic E-state index is 12.7. The molecule has 1 N–H and O–H groups in total. The Morgan fingerprint density at radius 3 is 2.44 bits per heavy atom. The molecular formula is C19H29N3O4S. The number of anilines is 1. The number of benzene rings is 1. The van der Waals surface area contributed by atoms with Gasteiger partial charge in [0.2, 0.25) is 15.9 Å². The summed E-state index contributed by atoms with van der Waals surface area (Å²) in [6.07, 6.45) is 3.02. The fourth-order valence-corrected chi connectivity index (χ4v) is 5.09. The molecule has 8 heteroatoms. The monoisotopic (exact) mass is 395 g/mol. The van der Waals surface area contributed by atoms with E-state index in [1.807, 2.05) is 13.8 Å². The van der Waals surface area contributed by atoms with E-state index in [1.54, 1.807) is 28.6 Å². The van der Waals surface area contributed by atoms with Gasteiger partial charge in [0.05, 0.1) is 23.6 Å². The first-order chi connectivity index (χ1) is 12.9. The number of hydrogen-bond donors (Lipinski definition) is 1. The molecule has 0 radical (unpaired) electrons. The van der Waals surface area contributed by atoms with E-state index >= 15 is 0 Å². The maximum Gasteiger partial charge on any atom is 0.243 e. The van der Waals surface area contributed by atoms with Gasteiger partial charge in [0, 0.05) is 31.9 Å². The molecule has 0 aliphatic carbocycles. The van der Waals surface area contributed by atoms with Crippen LogP contribution in [0.25, 0.3) is 0 Å². The quantitative estimate of drug-likeness (QED) is 0.824. The van der Waals surface area contributed by atoms with Gasteiger partial charge in [-0.25, -0.2) is 8.42 Å². The number of ether oxygens (including phenoxy) is 1. The summed E-state index contributed by atoms with van der Waals surface area (Å²) in [7, 11) is -3.45. The second kappa shape index (κ2) is 8.68. The Kier molecular flexibility index (Phi) is 6.52. The standard InChI is InChI=1S/C19H29N3O4S/c1-15-14-21(12-13-26-15)16(2)19(23)20-17-6-8-18(9-7-17)27(24,25)22-10-4-3-5-11-22/h6-9,15-16H,3-5,10-14H2,1-2H3,(H,20,23)/t15-,16-/m1/s1. The van der Waals surface area contributed by atoms with Crippen LogP contribution in [0.4, 0.5) is 5.69 Å². The van der Waals surface area contributed by atoms with Crippen molar-refractivity contribution in [2.75, 3.05) is 38.1 Å². The van der Waals surface area contributed by atoms with Gasteiger partial charge >= 0.3 is 0 Å². The maximum absolute atomic E-state index is 12.7. The molecule has 2 atom stereocenters. The van der Waals surface area contributed by atoms with Gasteiger partial charge in [0.25, 0.3) is 0 Å². The largest absolute Gasteiger partial charge is 0.376 e. The number of carbonyl (C=O) groups is 1. The molecule has 3 rings (SSSR count). The summed E-state index contributed by atoms with van der Waals surface area (Å²) in [6, 6.07) is 6.18. The molecule has 0 bridgehead atoms. The summed E-state index contributed by atoms with van der Waals surface area (Å²) in [5.41, 5.74) is 0.603. The number of amides is 1. The van der Waals surface area contributed by atoms with Gasteiger partial charge in [-0.2, -0.15) is 4.31 Å². The Labute approximate surface area is 161 Å². The molecule has 150 valence electrons. The third-order valence-electron chi connectivity index (χ3n) is 5.27. The van der Waals surface area contributed by atoms with Gasteiger partial charge in [-0.3, -0.25) is 9.69 Å². The van der Waals surface area contributed by atoms with E-state index in [4.69, 9.17) is 4.74 Å². The molecule has 2 heterocycles. The highest BCUT2D eigenvalue weighted by atomic mass is 32.2. The second-order valence-corrected chi connectivity index (χ2v) is 9.27. The van der Waals surface area contributed by atoms with Crippen LogP contribution in [-0.4, -0.2) is 68.5 Å². The van der Waals surface area contributed by atoms with Gasteiger partial charge in [0.1, 0.15) is 0 Å². The molecule has 0 spiro atoms. The predicted octanol–water partition coefficient (Wildman–Crippen LogP) is 1.91. The summed E-state index contributed by atoms with van der Waals surface area (Å²) in [4.78, 5) is 14.9. The molecular weight excluding hydrogens is 366 g/mol. The fourth-order valence-electron chi connectivity index (χ4n) is 3.57. The lowest BCUT2D eigenvalue weighted by atomic mass is 10.2. The van der Waals surface area contributed by atoms with Crippen LogP contribution < -0.4 is 5.32 Å². The number of sulfonamides is 1. The van der Waals surface area contributed by atoms with Crippen LogP contribution in [0.15, 0.2) is 29.2 Å². The van der Waals surface area contributed by atoms with Crippen LogP contribution in [0.1, 0.15) is 33.1 Å². The van der Waals surface area contributed by atoms with E-state index in [9.17, 15) is 13.2 Å². The van der Waals surface area contributed by atoms with Gasteiger partial charge in [-0.05, 0) is 51.0 Å². The minimum Gasteiger partial charge on any atom is -0.376 e. The number of carbonyl (C=O) groups excluding carboxylic acids is 1. The van der Waals surface area contributed by atoms with Gasteiger partial charge in [0.15, 0.2) is 0 Å². The summed E-state index contributed by atoms with van der Waals surface area (Å²) in [5, 5.41) is 2.88. The molecule has 0 aromatic heterocycles. The molecule has 27 heavy (non-hydrogen) atoms. The molecule has 2 aliphatic heterocycles. The van der Waals surface area contributed by atoms with E-state index in [-0.39, 0.29) is 22.9 Å². The first-order valence-corrected chi connectivity index (χ1v) is 11.1. The topological polar surface area (TPSA) is 79.0 Å². The van der Waals surface area contributed by atoms with Crippen molar-refractivity contribution in [1.82, 2.24) is 9.21 Å². The second-order valence-electron chi connectivity index (χ2n) is 7.33. The van der Waals surface area contributed by atoms with Crippen LogP contribution in [-0.2, 0) is 19.6 Å². The number of morpholine rings is 1. The third kappa shape index (κ3) is 4.87. The summed E-state index contributed by atoms with van der Waals surface area (Å²) >= 11 is 0. The van der Waals surface area contributed by atoms with Gasteiger partial charge < -0.3 is 10.1 Å². The van der Waals surface area contributed by atoms with Crippen LogP contribution in [0.3, 0.4) is 0 Å². The number of nitrogens with one attached hydrogen (secondary N) is 1. The van der Waals surface area contributed by atoms with Crippen molar-refractivity contribution in [1.29, 1.82) is 0 Å². The zero-order valence-electron chi connectivity index (χ0n) is 16.1. The Bertz CT molecular complexity index is 745. The highest BCUT2D eigenvalue weighted by molar-refractivity contribution is 7.89. The van der Waals surface area contributed by atoms with Crippen LogP contribution in [0, 0.1) is 0 Å². The SMILES string of the molecule is C[C@@H]1CN([C@H](C)C(=O)Nc2ccc(S(=O)(=O)N3CCCCC3)cc2)CCO1. The predicted molar refractivity (Wildman–Crippen MR) is 104 cm³/mol. The average molecular weight is 396 g/mol. The molecule has 2 fully saturated rings. The molecule has 0 saturated carbocycles. The first kappa shape index (κ1) is 20.3. The molecule has 1 aromatic rings. The van der Waals surface area contributed by atoms with E-state index in [0.717, 1.165) is 32.4 Å². The minimum atomic E-state index is -3.45. The highest BCUT2D eigenvalue weighted by Crippen LogP contribution is 2.22. The number of hydrogen-bond acceptors (Lipinski definition) is 5. The summed E-state index contributed by atoms with van der Waals surface area (Å²) in [6.45, 7) is 7.11. The molecule has 0 unspecified atom stereocenters. The molecule has 1 aromatic carbocycles. The third-order valence-corrected chi connectivity index (χ3v) is 7.19. The smallest absolute Gasteiger partial charge is 0.243 e. The Morgan fingerprint density at radius 2 is 1.81 bits per heavy atom. The van der Waals surface area contributed by atoms with E-state index in [2.05, 4.69) is 10.2 Å². The average Bonchev–Trinajstić information content (AvgIpc) is 2.68. The number of rotatable bonds is 5. The van der Waals surface area contributed by atoms with Crippen LogP contribution in [0.5, 0.6) is 0 Å². The Morgan fingerprint density at radius 1 is 1.15 bits per heavy atom. The first-order valence-electron chi connectivity index (χ1n) is 9.64. The van der Waals surface area contributed by atoms with Crippen molar-refractivity contribution >= 4 is 21.6 Å². The number of piperidine rings is 1. The molecule has 2 aliphatic rings. The van der Waals surface area contributed by atoms with Crippen LogP contribution >= 0.6 is 0 Å². The lowest BCUT2D eigenvalue weighted by Gasteiger charge is -2.34. The highest BCUT2D eigenvalue weighted by Gasteiger charge is 2.27. The normalized spacial score (nSPS) is 23.7. The Hall–Kier alpha value is -1.48. The summed E-state index contributed by atoms with van der Waals surface area (Å²) < 4.78 is 32.4. The van der Waals surface area contributed by atoms with E-state index in [1.165, 1.54) is 0 Å². The summed E-state index contributed by atoms with van der Waals surface area (Å²) in [5.74, 6) is -0.101. The van der Waals surface area contributed by atoms with E-state index in [0.29, 0.717) is 25.4 Å². The minimum absolute atomic E-state index is 0.101. The molecule has 1 amide bonds. The van der Waals surface area contributed by atoms with Gasteiger partial charge in [-0.1, -0.05) is 6.42 Å². The lowest BCUT2D eigenvalue weighted by molar-refractivity contribution is -0.123. The van der Waals surface area contributed by atoms with Crippen molar-refractivity contribution in [3.05, 3.63) is 24.3 Å². The molecule has 2 saturated heterocycles. The van der Waals surface area contributed by atoms with E-state index < -0.39 is 10.0 Å². The van der Waals surface area contributed by atoms with Crippen molar-refractivity contribution < 1.29 is 17.9 Å². The fraction of sp³-hybridized carbons (Fsp3) is 0.632. The lowest BCUT2D eigenvalue weighted by Crippen LogP contribution is -2.50. The Balaban J connectivity index is 1.62. The van der Waals surface area contributed by atoms with Crippen LogP contribution in [0.2, 0.25) is 0 Å². The zero-order valence-corrected chi connectivity index (χ0v) is 16.9. The number of nitrogens with zero attached hydrogens (tertiary/aromatic N) is 2. The van der Waals surface area contributed by atoms with Crippen molar-refractivity contribution in [2.24, 2.45) is 0 Å².